The van der Waals surface area contributed by atoms with Gasteiger partial charge in [-0.2, -0.15) is 0 Å². The molecular formula is C15H13BrClNO. The molecule has 0 atom stereocenters. The summed E-state index contributed by atoms with van der Waals surface area (Å²) >= 11 is 9.22. The fourth-order valence-electron chi connectivity index (χ4n) is 1.75. The fourth-order valence-corrected chi connectivity index (χ4v) is 2.36. The lowest BCUT2D eigenvalue weighted by atomic mass is 10.1. The zero-order chi connectivity index (χ0) is 13.8. The summed E-state index contributed by atoms with van der Waals surface area (Å²) in [5, 5.41) is 2.87. The van der Waals surface area contributed by atoms with Crippen LogP contribution in [0.25, 0.3) is 0 Å². The molecule has 2 nitrogen and oxygen atoms in total. The van der Waals surface area contributed by atoms with Crippen LogP contribution in [0.1, 0.15) is 21.5 Å². The summed E-state index contributed by atoms with van der Waals surface area (Å²) in [6.07, 6.45) is 0. The second-order valence-electron chi connectivity index (χ2n) is 4.22. The lowest BCUT2D eigenvalue weighted by Gasteiger charge is -2.09. The Morgan fingerprint density at radius 3 is 2.74 bits per heavy atom. The average Bonchev–Trinajstić information content (AvgIpc) is 2.42. The molecule has 4 heteroatoms. The predicted molar refractivity (Wildman–Crippen MR) is 82.8 cm³/mol. The summed E-state index contributed by atoms with van der Waals surface area (Å²) in [5.41, 5.74) is 3.37. The van der Waals surface area contributed by atoms with Crippen LogP contribution in [-0.2, 0) is 5.88 Å². The standard InChI is InChI=1S/C15H13BrClNO/c1-10-4-2-7-13(14(10)16)15(19)18-12-6-3-5-11(8-12)9-17/h2-8H,9H2,1H3,(H,18,19). The normalized spacial score (nSPS) is 10.3. The minimum Gasteiger partial charge on any atom is -0.322 e. The number of halogens is 2. The minimum atomic E-state index is -0.137. The molecule has 0 unspecified atom stereocenters. The van der Waals surface area contributed by atoms with E-state index in [-0.39, 0.29) is 5.91 Å². The van der Waals surface area contributed by atoms with Gasteiger partial charge in [-0.25, -0.2) is 0 Å². The SMILES string of the molecule is Cc1cccc(C(=O)Nc2cccc(CCl)c2)c1Br. The maximum atomic E-state index is 12.2. The van der Waals surface area contributed by atoms with Gasteiger partial charge in [0.05, 0.1) is 5.56 Å². The Hall–Kier alpha value is -1.32. The first-order valence-electron chi connectivity index (χ1n) is 5.83. The van der Waals surface area contributed by atoms with Gasteiger partial charge in [-0.05, 0) is 52.2 Å². The van der Waals surface area contributed by atoms with E-state index >= 15 is 0 Å². The summed E-state index contributed by atoms with van der Waals surface area (Å²) < 4.78 is 0.820. The molecule has 0 aliphatic carbocycles. The molecule has 0 aliphatic heterocycles. The van der Waals surface area contributed by atoms with Crippen molar-refractivity contribution >= 4 is 39.1 Å². The van der Waals surface area contributed by atoms with E-state index in [1.807, 2.05) is 43.3 Å². The minimum absolute atomic E-state index is 0.137. The number of aryl methyl sites for hydroxylation is 1. The van der Waals surface area contributed by atoms with E-state index in [2.05, 4.69) is 21.2 Å². The van der Waals surface area contributed by atoms with Crippen molar-refractivity contribution in [3.8, 4) is 0 Å². The van der Waals surface area contributed by atoms with E-state index in [9.17, 15) is 4.79 Å². The first-order valence-corrected chi connectivity index (χ1v) is 7.16. The van der Waals surface area contributed by atoms with Crippen molar-refractivity contribution in [3.05, 3.63) is 63.6 Å². The summed E-state index contributed by atoms with van der Waals surface area (Å²) in [7, 11) is 0. The van der Waals surface area contributed by atoms with Crippen molar-refractivity contribution in [1.29, 1.82) is 0 Å². The van der Waals surface area contributed by atoms with Crippen molar-refractivity contribution in [1.82, 2.24) is 0 Å². The highest BCUT2D eigenvalue weighted by atomic mass is 79.9. The van der Waals surface area contributed by atoms with Crippen LogP contribution in [0.15, 0.2) is 46.9 Å². The van der Waals surface area contributed by atoms with Crippen molar-refractivity contribution in [2.45, 2.75) is 12.8 Å². The lowest BCUT2D eigenvalue weighted by Crippen LogP contribution is -2.13. The Kier molecular flexibility index (Phi) is 4.61. The van der Waals surface area contributed by atoms with Gasteiger partial charge in [-0.3, -0.25) is 4.79 Å². The molecule has 2 rings (SSSR count). The van der Waals surface area contributed by atoms with E-state index < -0.39 is 0 Å². The fraction of sp³-hybridized carbons (Fsp3) is 0.133. The molecular weight excluding hydrogens is 326 g/mol. The first-order chi connectivity index (χ1) is 9.11. The Morgan fingerprint density at radius 2 is 2.00 bits per heavy atom. The molecule has 2 aromatic rings. The highest BCUT2D eigenvalue weighted by Gasteiger charge is 2.11. The maximum Gasteiger partial charge on any atom is 0.256 e. The van der Waals surface area contributed by atoms with Gasteiger partial charge >= 0.3 is 0 Å². The van der Waals surface area contributed by atoms with Crippen LogP contribution in [0, 0.1) is 6.92 Å². The highest BCUT2D eigenvalue weighted by molar-refractivity contribution is 9.10. The van der Waals surface area contributed by atoms with Gasteiger partial charge in [0.1, 0.15) is 0 Å². The Bertz CT molecular complexity index is 613. The molecule has 0 radical (unpaired) electrons. The van der Waals surface area contributed by atoms with Gasteiger partial charge in [0, 0.05) is 16.0 Å². The van der Waals surface area contributed by atoms with Crippen LogP contribution in [0.3, 0.4) is 0 Å². The van der Waals surface area contributed by atoms with Crippen molar-refractivity contribution in [2.75, 3.05) is 5.32 Å². The van der Waals surface area contributed by atoms with Crippen LogP contribution in [-0.4, -0.2) is 5.91 Å². The number of hydrogen-bond acceptors (Lipinski definition) is 1. The van der Waals surface area contributed by atoms with Crippen molar-refractivity contribution in [2.24, 2.45) is 0 Å². The zero-order valence-corrected chi connectivity index (χ0v) is 12.8. The molecule has 2 aromatic carbocycles. The number of nitrogens with one attached hydrogen (secondary N) is 1. The summed E-state index contributed by atoms with van der Waals surface area (Å²) in [6.45, 7) is 1.95. The third-order valence-corrected chi connectivity index (χ3v) is 4.14. The quantitative estimate of drug-likeness (QED) is 0.804. The number of anilines is 1. The van der Waals surface area contributed by atoms with E-state index in [4.69, 9.17) is 11.6 Å². The van der Waals surface area contributed by atoms with Crippen LogP contribution in [0.2, 0.25) is 0 Å². The number of alkyl halides is 1. The average molecular weight is 339 g/mol. The number of benzene rings is 2. The van der Waals surface area contributed by atoms with E-state index in [0.717, 1.165) is 21.3 Å². The molecule has 1 N–H and O–H groups in total. The molecule has 98 valence electrons. The topological polar surface area (TPSA) is 29.1 Å². The van der Waals surface area contributed by atoms with Crippen molar-refractivity contribution in [3.63, 3.8) is 0 Å². The van der Waals surface area contributed by atoms with Crippen LogP contribution < -0.4 is 5.32 Å². The number of amides is 1. The maximum absolute atomic E-state index is 12.2. The second-order valence-corrected chi connectivity index (χ2v) is 5.28. The predicted octanol–water partition coefficient (Wildman–Crippen LogP) is 4.75. The van der Waals surface area contributed by atoms with Gasteiger partial charge in [0.25, 0.3) is 5.91 Å². The Balaban J connectivity index is 2.23. The first kappa shape index (κ1) is 14.1. The molecule has 19 heavy (non-hydrogen) atoms. The number of rotatable bonds is 3. The highest BCUT2D eigenvalue weighted by Crippen LogP contribution is 2.22. The van der Waals surface area contributed by atoms with Crippen LogP contribution in [0.4, 0.5) is 5.69 Å². The molecule has 0 spiro atoms. The lowest BCUT2D eigenvalue weighted by molar-refractivity contribution is 0.102. The van der Waals surface area contributed by atoms with Crippen molar-refractivity contribution < 1.29 is 4.79 Å². The van der Waals surface area contributed by atoms with E-state index in [1.165, 1.54) is 0 Å². The second kappa shape index (κ2) is 6.22. The third kappa shape index (κ3) is 3.37. The molecule has 0 fully saturated rings. The van der Waals surface area contributed by atoms with Gasteiger partial charge in [0.2, 0.25) is 0 Å². The van der Waals surface area contributed by atoms with Gasteiger partial charge in [0.15, 0.2) is 0 Å². The molecule has 1 amide bonds. The summed E-state index contributed by atoms with van der Waals surface area (Å²) in [4.78, 5) is 12.2. The smallest absolute Gasteiger partial charge is 0.256 e. The molecule has 0 aliphatic rings. The zero-order valence-electron chi connectivity index (χ0n) is 10.4. The monoisotopic (exact) mass is 337 g/mol. The molecule has 0 saturated heterocycles. The number of carbonyl (C=O) groups is 1. The van der Waals surface area contributed by atoms with Crippen LogP contribution >= 0.6 is 27.5 Å². The van der Waals surface area contributed by atoms with Gasteiger partial charge in [-0.1, -0.05) is 24.3 Å². The van der Waals surface area contributed by atoms with Gasteiger partial charge < -0.3 is 5.32 Å². The number of hydrogen-bond donors (Lipinski definition) is 1. The summed E-state index contributed by atoms with van der Waals surface area (Å²) in [5.74, 6) is 0.292. The molecule has 0 bridgehead atoms. The van der Waals surface area contributed by atoms with E-state index in [0.29, 0.717) is 11.4 Å². The number of carbonyl (C=O) groups excluding carboxylic acids is 1. The summed E-state index contributed by atoms with van der Waals surface area (Å²) in [6, 6.07) is 13.1. The van der Waals surface area contributed by atoms with E-state index in [1.54, 1.807) is 6.07 Å². The van der Waals surface area contributed by atoms with Gasteiger partial charge in [-0.15, -0.1) is 11.6 Å². The molecule has 0 aromatic heterocycles. The van der Waals surface area contributed by atoms with Crippen LogP contribution in [0.5, 0.6) is 0 Å². The Morgan fingerprint density at radius 1 is 1.26 bits per heavy atom. The third-order valence-electron chi connectivity index (χ3n) is 2.78. The Labute approximate surface area is 125 Å². The molecule has 0 saturated carbocycles. The largest absolute Gasteiger partial charge is 0.322 e. The molecule has 0 heterocycles.